The van der Waals surface area contributed by atoms with Crippen LogP contribution < -0.4 is 95.9 Å². The van der Waals surface area contributed by atoms with Crippen LogP contribution in [-0.4, -0.2) is 17.6 Å². The van der Waals surface area contributed by atoms with Gasteiger partial charge in [0, 0.05) is 17.6 Å². The Morgan fingerprint density at radius 3 is 0.400 bits per heavy atom. The molecule has 0 aromatic carbocycles. The molecular formula is GeI4-4. The molecule has 0 fully saturated rings. The Balaban J connectivity index is 0. The Bertz CT molecular complexity index is 3.61. The molecule has 0 aliphatic rings. The second kappa shape index (κ2) is 26.0. The third kappa shape index (κ3) is 18.6. The maximum atomic E-state index is 0. The molecule has 0 aliphatic heterocycles. The first-order chi connectivity index (χ1) is 0. The molecule has 0 nitrogen and oxygen atoms in total. The zero-order valence-electron chi connectivity index (χ0n) is 2.01. The molecule has 0 unspecified atom stereocenters. The van der Waals surface area contributed by atoms with E-state index >= 15 is 0 Å². The summed E-state index contributed by atoms with van der Waals surface area (Å²) in [5.74, 6) is 0. The zero-order valence-corrected chi connectivity index (χ0v) is 12.7. The van der Waals surface area contributed by atoms with Gasteiger partial charge in [-0.3, -0.25) is 0 Å². The van der Waals surface area contributed by atoms with Gasteiger partial charge >= 0.3 is 0 Å². The van der Waals surface area contributed by atoms with Crippen molar-refractivity contribution in [1.29, 1.82) is 0 Å². The Morgan fingerprint density at radius 2 is 0.400 bits per heavy atom. The van der Waals surface area contributed by atoms with Crippen LogP contribution in [0.25, 0.3) is 0 Å². The Kier molecular flexibility index (Phi) is 204. The summed E-state index contributed by atoms with van der Waals surface area (Å²) < 4.78 is 0. The summed E-state index contributed by atoms with van der Waals surface area (Å²) in [5, 5.41) is 0. The van der Waals surface area contributed by atoms with Crippen LogP contribution in [0.5, 0.6) is 0 Å². The van der Waals surface area contributed by atoms with E-state index in [4.69, 9.17) is 0 Å². The Morgan fingerprint density at radius 1 is 0.400 bits per heavy atom. The summed E-state index contributed by atoms with van der Waals surface area (Å²) in [6.07, 6.45) is 0. The second-order valence-electron chi connectivity index (χ2n) is 0. The van der Waals surface area contributed by atoms with E-state index in [0.717, 1.165) is 0 Å². The van der Waals surface area contributed by atoms with E-state index in [0.29, 0.717) is 0 Å². The smallest absolute Gasteiger partial charge is 0 e. The summed E-state index contributed by atoms with van der Waals surface area (Å²) in [6, 6.07) is 0. The topological polar surface area (TPSA) is 0 Å². The molecule has 0 saturated carbocycles. The van der Waals surface area contributed by atoms with Crippen LogP contribution in [0.15, 0.2) is 0 Å². The SMILES string of the molecule is [Ge].[I-].[I-].[I-].[I-]. The fourth-order valence-corrected chi connectivity index (χ4v) is 0. The summed E-state index contributed by atoms with van der Waals surface area (Å²) in [7, 11) is 0. The molecule has 0 bridgehead atoms. The molecule has 0 saturated heterocycles. The molecule has 0 aliphatic carbocycles. The first-order valence-electron chi connectivity index (χ1n) is 0. The molecule has 0 N–H and O–H groups in total. The van der Waals surface area contributed by atoms with Crippen molar-refractivity contribution >= 4 is 17.6 Å². The van der Waals surface area contributed by atoms with Gasteiger partial charge in [0.25, 0.3) is 0 Å². The third-order valence-electron chi connectivity index (χ3n) is 0. The van der Waals surface area contributed by atoms with Crippen LogP contribution in [0.1, 0.15) is 0 Å². The summed E-state index contributed by atoms with van der Waals surface area (Å²) >= 11 is 0. The molecule has 0 heterocycles. The van der Waals surface area contributed by atoms with E-state index in [1.165, 1.54) is 0 Å². The molecular weight excluding hydrogens is 580 g/mol. The van der Waals surface area contributed by atoms with Gasteiger partial charge in [0.2, 0.25) is 0 Å². The average Bonchev–Trinajstić information content (AvgIpc) is 0. The molecule has 0 aromatic heterocycles. The van der Waals surface area contributed by atoms with Crippen molar-refractivity contribution in [1.82, 2.24) is 0 Å². The van der Waals surface area contributed by atoms with Crippen molar-refractivity contribution < 1.29 is 95.9 Å². The summed E-state index contributed by atoms with van der Waals surface area (Å²) in [6.45, 7) is 0. The minimum Gasteiger partial charge on any atom is -1.00 e. The number of hydrogen-bond acceptors (Lipinski definition) is 0. The Labute approximate surface area is 111 Å². The normalized spacial score (nSPS) is 0. The molecule has 0 rings (SSSR count). The maximum absolute atomic E-state index is 0. The summed E-state index contributed by atoms with van der Waals surface area (Å²) in [5.41, 5.74) is 0. The number of halogens is 4. The molecule has 4 radical (unpaired) electrons. The zero-order chi connectivity index (χ0) is 0. The standard InChI is InChI=1S/Ge.4HI/h;4*1H/p-4. The van der Waals surface area contributed by atoms with Crippen molar-refractivity contribution in [2.24, 2.45) is 0 Å². The van der Waals surface area contributed by atoms with Crippen LogP contribution >= 0.6 is 0 Å². The quantitative estimate of drug-likeness (QED) is 0.198. The van der Waals surface area contributed by atoms with Crippen LogP contribution in [0.2, 0.25) is 0 Å². The first-order valence-corrected chi connectivity index (χ1v) is 0. The molecule has 0 amide bonds. The van der Waals surface area contributed by atoms with E-state index in [2.05, 4.69) is 0 Å². The average molecular weight is 580 g/mol. The molecule has 0 aromatic rings. The fourth-order valence-electron chi connectivity index (χ4n) is 0. The van der Waals surface area contributed by atoms with Gasteiger partial charge in [0.15, 0.2) is 0 Å². The molecule has 0 atom stereocenters. The predicted molar refractivity (Wildman–Crippen MR) is 5.75 cm³/mol. The van der Waals surface area contributed by atoms with Crippen molar-refractivity contribution in [3.05, 3.63) is 0 Å². The minimum atomic E-state index is 0. The van der Waals surface area contributed by atoms with Crippen molar-refractivity contribution in [3.8, 4) is 0 Å². The van der Waals surface area contributed by atoms with Gasteiger partial charge in [-0.2, -0.15) is 0 Å². The van der Waals surface area contributed by atoms with Gasteiger partial charge in [0.1, 0.15) is 0 Å². The molecule has 5 heavy (non-hydrogen) atoms. The first kappa shape index (κ1) is 39.3. The number of hydrogen-bond donors (Lipinski definition) is 0. The molecule has 5 heteroatoms. The molecule has 36 valence electrons. The van der Waals surface area contributed by atoms with Gasteiger partial charge in [0.05, 0.1) is 0 Å². The number of rotatable bonds is 0. The van der Waals surface area contributed by atoms with Gasteiger partial charge in [-0.05, 0) is 0 Å². The van der Waals surface area contributed by atoms with E-state index in [-0.39, 0.29) is 114 Å². The van der Waals surface area contributed by atoms with Crippen molar-refractivity contribution in [2.75, 3.05) is 0 Å². The van der Waals surface area contributed by atoms with Gasteiger partial charge in [-0.25, -0.2) is 0 Å². The van der Waals surface area contributed by atoms with Gasteiger partial charge in [-0.15, -0.1) is 0 Å². The summed E-state index contributed by atoms with van der Waals surface area (Å²) in [4.78, 5) is 0. The molecule has 0 spiro atoms. The third-order valence-corrected chi connectivity index (χ3v) is 0. The minimum absolute atomic E-state index is 0. The van der Waals surface area contributed by atoms with Crippen molar-refractivity contribution in [3.63, 3.8) is 0 Å². The van der Waals surface area contributed by atoms with E-state index in [1.807, 2.05) is 0 Å². The monoisotopic (exact) mass is 582 g/mol. The fraction of sp³-hybridized carbons (Fsp3) is 0. The Hall–Kier alpha value is 3.46. The van der Waals surface area contributed by atoms with Crippen LogP contribution in [0, 0.1) is 0 Å². The maximum Gasteiger partial charge on any atom is 0 e. The van der Waals surface area contributed by atoms with Crippen molar-refractivity contribution in [2.45, 2.75) is 0 Å². The largest absolute Gasteiger partial charge is 1.00 e. The second-order valence-corrected chi connectivity index (χ2v) is 0. The van der Waals surface area contributed by atoms with E-state index < -0.39 is 0 Å². The van der Waals surface area contributed by atoms with E-state index in [9.17, 15) is 0 Å². The predicted octanol–water partition coefficient (Wildman–Crippen LogP) is -12.4. The van der Waals surface area contributed by atoms with Gasteiger partial charge < -0.3 is 95.9 Å². The van der Waals surface area contributed by atoms with Crippen LogP contribution in [-0.2, 0) is 0 Å². The van der Waals surface area contributed by atoms with Gasteiger partial charge in [-0.1, -0.05) is 0 Å². The van der Waals surface area contributed by atoms with Crippen LogP contribution in [0.3, 0.4) is 0 Å². The van der Waals surface area contributed by atoms with Crippen LogP contribution in [0.4, 0.5) is 0 Å². The van der Waals surface area contributed by atoms with E-state index in [1.54, 1.807) is 0 Å².